The third-order valence-electron chi connectivity index (χ3n) is 2.92. The first-order valence-corrected chi connectivity index (χ1v) is 5.83. The monoisotopic (exact) mass is 267 g/mol. The Morgan fingerprint density at radius 1 is 1.47 bits per heavy atom. The Morgan fingerprint density at radius 3 is 2.95 bits per heavy atom. The molecule has 0 saturated carbocycles. The van der Waals surface area contributed by atoms with Gasteiger partial charge >= 0.3 is 0 Å². The van der Waals surface area contributed by atoms with Crippen molar-refractivity contribution in [1.29, 1.82) is 0 Å². The Bertz CT molecular complexity index is 568. The molecule has 0 spiro atoms. The molecular weight excluding hydrogens is 254 g/mol. The molecule has 3 atom stereocenters. The van der Waals surface area contributed by atoms with Crippen molar-refractivity contribution in [2.45, 2.75) is 31.8 Å². The molecule has 102 valence electrons. The summed E-state index contributed by atoms with van der Waals surface area (Å²) in [5.74, 6) is 1.05. The average Bonchev–Trinajstić information content (AvgIpc) is 3.07. The summed E-state index contributed by atoms with van der Waals surface area (Å²) in [5.41, 5.74) is 0. The maximum absolute atomic E-state index is 9.66. The number of rotatable bonds is 3. The summed E-state index contributed by atoms with van der Waals surface area (Å²) < 4.78 is 11.8. The van der Waals surface area contributed by atoms with Crippen LogP contribution >= 0.6 is 0 Å². The van der Waals surface area contributed by atoms with Crippen molar-refractivity contribution >= 4 is 0 Å². The van der Waals surface area contributed by atoms with Crippen LogP contribution in [0.1, 0.15) is 18.5 Å². The zero-order valence-corrected chi connectivity index (χ0v) is 10.2. The molecule has 2 aromatic heterocycles. The molecule has 9 nitrogen and oxygen atoms in total. The highest BCUT2D eigenvalue weighted by atomic mass is 16.5. The molecule has 1 aliphatic heterocycles. The lowest BCUT2D eigenvalue weighted by atomic mass is 10.2. The number of aliphatic hydroxyl groups is 2. The maximum Gasteiger partial charge on any atom is 0.242 e. The van der Waals surface area contributed by atoms with E-state index in [1.807, 2.05) is 0 Å². The van der Waals surface area contributed by atoms with Crippen LogP contribution in [-0.4, -0.2) is 53.9 Å². The third-order valence-corrected chi connectivity index (χ3v) is 2.92. The van der Waals surface area contributed by atoms with Crippen molar-refractivity contribution in [3.8, 4) is 11.6 Å². The standard InChI is InChI=1S/C10H13N5O4/c1-5-12-10(14-19-5)9-11-4-15(13-9)8-2-6(17)7(3-16)18-8/h4,6-8,16-17H,2-3H2,1H3/t6-,7+,8+/m0/s1. The molecule has 2 N–H and O–H groups in total. The SMILES string of the molecule is Cc1nc(-c2ncn([C@H]3C[C@H](O)[C@@H](CO)O3)n2)no1. The van der Waals surface area contributed by atoms with Crippen LogP contribution in [0.4, 0.5) is 0 Å². The van der Waals surface area contributed by atoms with Gasteiger partial charge in [-0.1, -0.05) is 5.16 Å². The number of aromatic nitrogens is 5. The molecule has 0 bridgehead atoms. The number of ether oxygens (including phenoxy) is 1. The molecule has 3 heterocycles. The number of aryl methyl sites for hydroxylation is 1. The van der Waals surface area contributed by atoms with Crippen LogP contribution in [0, 0.1) is 6.92 Å². The molecular formula is C10H13N5O4. The van der Waals surface area contributed by atoms with Gasteiger partial charge < -0.3 is 19.5 Å². The zero-order valence-electron chi connectivity index (χ0n) is 10.2. The van der Waals surface area contributed by atoms with Gasteiger partial charge in [-0.05, 0) is 0 Å². The summed E-state index contributed by atoms with van der Waals surface area (Å²) in [6, 6.07) is 0. The molecule has 1 saturated heterocycles. The highest BCUT2D eigenvalue weighted by molar-refractivity contribution is 5.39. The normalized spacial score (nSPS) is 27.0. The van der Waals surface area contributed by atoms with E-state index in [2.05, 4.69) is 20.2 Å². The topological polar surface area (TPSA) is 119 Å². The predicted molar refractivity (Wildman–Crippen MR) is 59.7 cm³/mol. The molecule has 0 unspecified atom stereocenters. The molecule has 9 heteroatoms. The van der Waals surface area contributed by atoms with Crippen molar-refractivity contribution in [3.63, 3.8) is 0 Å². The summed E-state index contributed by atoms with van der Waals surface area (Å²) in [6.45, 7) is 1.44. The maximum atomic E-state index is 9.66. The van der Waals surface area contributed by atoms with Crippen LogP contribution < -0.4 is 0 Å². The van der Waals surface area contributed by atoms with Crippen molar-refractivity contribution in [2.75, 3.05) is 6.61 Å². The van der Waals surface area contributed by atoms with Gasteiger partial charge in [0.15, 0.2) is 6.23 Å². The van der Waals surface area contributed by atoms with E-state index in [0.717, 1.165) is 0 Å². The van der Waals surface area contributed by atoms with Gasteiger partial charge in [0.2, 0.25) is 17.5 Å². The second kappa shape index (κ2) is 4.68. The molecule has 0 radical (unpaired) electrons. The summed E-state index contributed by atoms with van der Waals surface area (Å²) in [6.07, 6.45) is 0.0545. The summed E-state index contributed by atoms with van der Waals surface area (Å²) in [4.78, 5) is 8.08. The fourth-order valence-corrected chi connectivity index (χ4v) is 1.95. The van der Waals surface area contributed by atoms with Gasteiger partial charge in [-0.2, -0.15) is 4.98 Å². The largest absolute Gasteiger partial charge is 0.394 e. The van der Waals surface area contributed by atoms with E-state index in [0.29, 0.717) is 24.0 Å². The first-order chi connectivity index (χ1) is 9.17. The highest BCUT2D eigenvalue weighted by Gasteiger charge is 2.35. The van der Waals surface area contributed by atoms with Crippen LogP contribution in [0.5, 0.6) is 0 Å². The van der Waals surface area contributed by atoms with E-state index < -0.39 is 18.4 Å². The molecule has 0 aliphatic carbocycles. The van der Waals surface area contributed by atoms with E-state index in [9.17, 15) is 5.11 Å². The molecule has 3 rings (SSSR count). The third kappa shape index (κ3) is 2.23. The van der Waals surface area contributed by atoms with Crippen LogP contribution in [0.3, 0.4) is 0 Å². The first-order valence-electron chi connectivity index (χ1n) is 5.83. The van der Waals surface area contributed by atoms with Gasteiger partial charge in [0.1, 0.15) is 12.4 Å². The predicted octanol–water partition coefficient (Wildman–Crippen LogP) is -0.723. The van der Waals surface area contributed by atoms with Crippen molar-refractivity contribution in [3.05, 3.63) is 12.2 Å². The Balaban J connectivity index is 1.79. The van der Waals surface area contributed by atoms with Crippen LogP contribution in [0.2, 0.25) is 0 Å². The number of hydrogen-bond donors (Lipinski definition) is 2. The van der Waals surface area contributed by atoms with Gasteiger partial charge in [-0.25, -0.2) is 9.67 Å². The fraction of sp³-hybridized carbons (Fsp3) is 0.600. The molecule has 2 aromatic rings. The van der Waals surface area contributed by atoms with Crippen LogP contribution in [-0.2, 0) is 4.74 Å². The minimum absolute atomic E-state index is 0.233. The Labute approximate surface area is 107 Å². The molecule has 19 heavy (non-hydrogen) atoms. The van der Waals surface area contributed by atoms with Crippen LogP contribution in [0.15, 0.2) is 10.9 Å². The van der Waals surface area contributed by atoms with Gasteiger partial charge in [-0.15, -0.1) is 5.10 Å². The quantitative estimate of drug-likeness (QED) is 0.747. The first kappa shape index (κ1) is 12.2. The van der Waals surface area contributed by atoms with Crippen molar-refractivity contribution in [1.82, 2.24) is 24.9 Å². The van der Waals surface area contributed by atoms with Gasteiger partial charge in [0.05, 0.1) is 12.7 Å². The molecule has 1 fully saturated rings. The second-order valence-corrected chi connectivity index (χ2v) is 4.30. The van der Waals surface area contributed by atoms with Gasteiger partial charge in [-0.3, -0.25) is 0 Å². The minimum atomic E-state index is -0.713. The summed E-state index contributed by atoms with van der Waals surface area (Å²) >= 11 is 0. The summed E-state index contributed by atoms with van der Waals surface area (Å²) in [5, 5.41) is 26.6. The summed E-state index contributed by atoms with van der Waals surface area (Å²) in [7, 11) is 0. The van der Waals surface area contributed by atoms with Gasteiger partial charge in [0, 0.05) is 13.3 Å². The minimum Gasteiger partial charge on any atom is -0.394 e. The van der Waals surface area contributed by atoms with Gasteiger partial charge in [0.25, 0.3) is 0 Å². The molecule has 0 amide bonds. The Hall–Kier alpha value is -1.84. The smallest absolute Gasteiger partial charge is 0.242 e. The van der Waals surface area contributed by atoms with Crippen molar-refractivity contribution < 1.29 is 19.5 Å². The highest BCUT2D eigenvalue weighted by Crippen LogP contribution is 2.28. The fourth-order valence-electron chi connectivity index (χ4n) is 1.95. The number of aliphatic hydroxyl groups excluding tert-OH is 2. The van der Waals surface area contributed by atoms with E-state index in [4.69, 9.17) is 14.4 Å². The zero-order chi connectivity index (χ0) is 13.4. The molecule has 0 aromatic carbocycles. The van der Waals surface area contributed by atoms with Crippen LogP contribution in [0.25, 0.3) is 11.6 Å². The van der Waals surface area contributed by atoms with E-state index in [-0.39, 0.29) is 6.61 Å². The van der Waals surface area contributed by atoms with E-state index in [1.165, 1.54) is 11.0 Å². The average molecular weight is 267 g/mol. The van der Waals surface area contributed by atoms with E-state index in [1.54, 1.807) is 6.92 Å². The molecule has 1 aliphatic rings. The van der Waals surface area contributed by atoms with Crippen molar-refractivity contribution in [2.24, 2.45) is 0 Å². The van der Waals surface area contributed by atoms with E-state index >= 15 is 0 Å². The number of nitrogens with zero attached hydrogens (tertiary/aromatic N) is 5. The second-order valence-electron chi connectivity index (χ2n) is 4.30. The lowest BCUT2D eigenvalue weighted by Crippen LogP contribution is -2.24. The number of hydrogen-bond acceptors (Lipinski definition) is 8. The Kier molecular flexibility index (Phi) is 3.01. The lowest BCUT2D eigenvalue weighted by molar-refractivity contribution is -0.0484. The lowest BCUT2D eigenvalue weighted by Gasteiger charge is -2.11. The Morgan fingerprint density at radius 2 is 2.32 bits per heavy atom.